The van der Waals surface area contributed by atoms with Crippen LogP contribution in [-0.2, 0) is 20.9 Å². The summed E-state index contributed by atoms with van der Waals surface area (Å²) in [5, 5.41) is 29.3. The Hall–Kier alpha value is -4.91. The molecule has 0 radical (unpaired) electrons. The molecule has 3 aromatic carbocycles. The van der Waals surface area contributed by atoms with Crippen molar-refractivity contribution in [3.05, 3.63) is 96.1 Å². The van der Waals surface area contributed by atoms with Crippen LogP contribution >= 0.6 is 0 Å². The summed E-state index contributed by atoms with van der Waals surface area (Å²) in [6.45, 7) is 10.9. The molecule has 0 spiro atoms. The first kappa shape index (κ1) is 42.7. The fourth-order valence-corrected chi connectivity index (χ4v) is 9.26. The summed E-state index contributed by atoms with van der Waals surface area (Å²) >= 11 is 0. The molecule has 0 saturated heterocycles. The molecule has 2 amide bonds. The molecule has 0 bridgehead atoms. The number of hydrogen-bond donors (Lipinski definition) is 3. The zero-order valence-corrected chi connectivity index (χ0v) is 34.1. The van der Waals surface area contributed by atoms with E-state index in [2.05, 4.69) is 36.2 Å². The number of hydrogen-bond acceptors (Lipinski definition) is 10. The molecule has 312 valence electrons. The number of aliphatic hydroxyl groups excluding tert-OH is 2. The number of nitrogens with zero attached hydrogens (tertiary/aromatic N) is 2. The van der Waals surface area contributed by atoms with Gasteiger partial charge in [-0.3, -0.25) is 4.90 Å². The molecule has 1 fully saturated rings. The topological polar surface area (TPSA) is 148 Å². The first-order valence-electron chi connectivity index (χ1n) is 20.9. The zero-order chi connectivity index (χ0) is 41.1. The lowest BCUT2D eigenvalue weighted by Gasteiger charge is -2.59. The fourth-order valence-electron chi connectivity index (χ4n) is 9.26. The molecule has 1 heterocycles. The third-order valence-electron chi connectivity index (χ3n) is 11.6. The summed E-state index contributed by atoms with van der Waals surface area (Å²) in [4.78, 5) is 34.8. The number of benzene rings is 3. The van der Waals surface area contributed by atoms with Gasteiger partial charge in [0.05, 0.1) is 31.4 Å². The quantitative estimate of drug-likeness (QED) is 0.0620. The summed E-state index contributed by atoms with van der Waals surface area (Å²) in [6, 6.07) is 18.8. The minimum atomic E-state index is -1.46. The van der Waals surface area contributed by atoms with Crippen LogP contribution in [0.2, 0.25) is 0 Å². The number of unbranched alkanes of at least 4 members (excludes halogenated alkanes) is 2. The van der Waals surface area contributed by atoms with Crippen molar-refractivity contribution < 1.29 is 43.6 Å². The van der Waals surface area contributed by atoms with E-state index in [1.807, 2.05) is 50.2 Å². The molecule has 12 heteroatoms. The highest BCUT2D eigenvalue weighted by molar-refractivity contribution is 6.03. The lowest BCUT2D eigenvalue weighted by Crippen LogP contribution is -2.70. The molecule has 1 saturated carbocycles. The summed E-state index contributed by atoms with van der Waals surface area (Å²) in [6.07, 6.45) is 7.61. The van der Waals surface area contributed by atoms with Crippen molar-refractivity contribution in [3.8, 4) is 11.5 Å². The second-order valence-corrected chi connectivity index (χ2v) is 15.1. The number of nitrogens with one attached hydrogen (secondary N) is 1. The standard InChI is InChI=1S/C46H59N3O9/c1-5-26-55-46-41(49(45(53)54-7-3)30-33-19-15-18-31-16-9-10-20-35(31)33)29-39(48-56-8-4)37-27-32(17-11-13-24-50)36(21-12-14-25-51)42(43(37)46)38-28-34(22-23-40(38)58-46)57-44(52)47-6-2/h5,9-10,15-16,18-20,22-23,27-28,32,36,41-43,50-51H,1,6-8,11-14,17,21,24-26,29-30H2,2-4H3,(H,47,52)/t32-,36+,41-,42+,43+,46+/m0/s1. The van der Waals surface area contributed by atoms with Crippen LogP contribution in [0.5, 0.6) is 11.5 Å². The average molecular weight is 798 g/mol. The Labute approximate surface area is 341 Å². The summed E-state index contributed by atoms with van der Waals surface area (Å²) in [5.41, 5.74) is 3.39. The third-order valence-corrected chi connectivity index (χ3v) is 11.6. The molecular weight excluding hydrogens is 739 g/mol. The molecule has 3 aromatic rings. The minimum absolute atomic E-state index is 0.00858. The predicted octanol–water partition coefficient (Wildman–Crippen LogP) is 8.26. The number of rotatable bonds is 19. The van der Waals surface area contributed by atoms with Crippen LogP contribution in [0.4, 0.5) is 9.59 Å². The fraction of sp³-hybridized carbons (Fsp3) is 0.500. The predicted molar refractivity (Wildman–Crippen MR) is 223 cm³/mol. The summed E-state index contributed by atoms with van der Waals surface area (Å²) in [5.74, 6) is -1.27. The Balaban J connectivity index is 1.61. The minimum Gasteiger partial charge on any atom is -0.459 e. The maximum atomic E-state index is 14.5. The van der Waals surface area contributed by atoms with E-state index < -0.39 is 29.9 Å². The van der Waals surface area contributed by atoms with E-state index in [0.717, 1.165) is 53.2 Å². The molecule has 6 atom stereocenters. The molecule has 58 heavy (non-hydrogen) atoms. The number of carbonyl (C=O) groups excluding carboxylic acids is 2. The van der Waals surface area contributed by atoms with Crippen LogP contribution in [0.3, 0.4) is 0 Å². The number of ether oxygens (including phenoxy) is 4. The van der Waals surface area contributed by atoms with Crippen LogP contribution in [0, 0.1) is 17.8 Å². The van der Waals surface area contributed by atoms with Gasteiger partial charge in [-0.1, -0.05) is 72.6 Å². The molecule has 0 aromatic heterocycles. The monoisotopic (exact) mass is 797 g/mol. The summed E-state index contributed by atoms with van der Waals surface area (Å²) in [7, 11) is 0. The van der Waals surface area contributed by atoms with E-state index in [0.29, 0.717) is 43.2 Å². The van der Waals surface area contributed by atoms with Crippen molar-refractivity contribution in [2.45, 2.75) is 90.0 Å². The van der Waals surface area contributed by atoms with Crippen LogP contribution in [-0.4, -0.2) is 84.4 Å². The Bertz CT molecular complexity index is 1940. The van der Waals surface area contributed by atoms with E-state index >= 15 is 0 Å². The first-order chi connectivity index (χ1) is 28.3. The molecule has 3 aliphatic rings. The van der Waals surface area contributed by atoms with E-state index in [-0.39, 0.29) is 57.1 Å². The van der Waals surface area contributed by atoms with E-state index in [1.54, 1.807) is 24.0 Å². The maximum Gasteiger partial charge on any atom is 0.412 e. The highest BCUT2D eigenvalue weighted by atomic mass is 16.7. The van der Waals surface area contributed by atoms with Gasteiger partial charge in [-0.05, 0) is 98.4 Å². The van der Waals surface area contributed by atoms with Crippen molar-refractivity contribution in [2.24, 2.45) is 22.9 Å². The van der Waals surface area contributed by atoms with Crippen molar-refractivity contribution >= 4 is 28.7 Å². The van der Waals surface area contributed by atoms with Crippen molar-refractivity contribution in [3.63, 3.8) is 0 Å². The van der Waals surface area contributed by atoms with Crippen LogP contribution < -0.4 is 14.8 Å². The van der Waals surface area contributed by atoms with Crippen LogP contribution in [0.25, 0.3) is 10.8 Å². The molecular formula is C46H59N3O9. The number of aliphatic hydroxyl groups is 2. The number of amides is 2. The van der Waals surface area contributed by atoms with Gasteiger partial charge in [0.25, 0.3) is 0 Å². The zero-order valence-electron chi connectivity index (χ0n) is 34.1. The SMILES string of the molecule is C=CCO[C@@]12Oc3ccc(OC(=O)NCC)cc3[C@H]3[C@H](CCCCO)[C@@H](CCCCO)C=C(C(=NOCC)C[C@@H]1N(Cc1cccc4ccccc14)C(=O)OCC)[C@H]32. The largest absolute Gasteiger partial charge is 0.459 e. The van der Waals surface area contributed by atoms with E-state index in [4.69, 9.17) is 28.9 Å². The Morgan fingerprint density at radius 1 is 1.00 bits per heavy atom. The second-order valence-electron chi connectivity index (χ2n) is 15.1. The lowest BCUT2D eigenvalue weighted by molar-refractivity contribution is -0.256. The molecule has 1 aliphatic heterocycles. The highest BCUT2D eigenvalue weighted by Crippen LogP contribution is 2.62. The van der Waals surface area contributed by atoms with E-state index in [1.165, 1.54) is 0 Å². The Kier molecular flexibility index (Phi) is 14.9. The number of fused-ring (bicyclic) bond motifs is 3. The van der Waals surface area contributed by atoms with Gasteiger partial charge >= 0.3 is 12.2 Å². The van der Waals surface area contributed by atoms with Gasteiger partial charge in [0.15, 0.2) is 0 Å². The lowest BCUT2D eigenvalue weighted by atomic mass is 9.55. The third kappa shape index (κ3) is 9.04. The number of carbonyl (C=O) groups is 2. The van der Waals surface area contributed by atoms with E-state index in [9.17, 15) is 19.8 Å². The van der Waals surface area contributed by atoms with Crippen LogP contribution in [0.15, 0.2) is 90.1 Å². The smallest absolute Gasteiger partial charge is 0.412 e. The van der Waals surface area contributed by atoms with Crippen molar-refractivity contribution in [2.75, 3.05) is 39.6 Å². The second kappa shape index (κ2) is 20.2. The van der Waals surface area contributed by atoms with Crippen molar-refractivity contribution in [1.29, 1.82) is 0 Å². The van der Waals surface area contributed by atoms with Crippen LogP contribution in [0.1, 0.15) is 82.8 Å². The number of allylic oxidation sites excluding steroid dienone is 1. The Morgan fingerprint density at radius 3 is 2.52 bits per heavy atom. The molecule has 3 N–H and O–H groups in total. The Morgan fingerprint density at radius 2 is 1.78 bits per heavy atom. The maximum absolute atomic E-state index is 14.5. The normalized spacial score (nSPS) is 23.8. The highest BCUT2D eigenvalue weighted by Gasteiger charge is 2.65. The average Bonchev–Trinajstić information content (AvgIpc) is 3.23. The molecule has 2 aliphatic carbocycles. The molecule has 6 rings (SSSR count). The van der Waals surface area contributed by atoms with Gasteiger partial charge in [0, 0.05) is 37.7 Å². The van der Waals surface area contributed by atoms with Gasteiger partial charge in [0.1, 0.15) is 24.1 Å². The van der Waals surface area contributed by atoms with Gasteiger partial charge in [-0.2, -0.15) is 0 Å². The van der Waals surface area contributed by atoms with Gasteiger partial charge in [-0.15, -0.1) is 6.58 Å². The first-order valence-corrected chi connectivity index (χ1v) is 20.9. The van der Waals surface area contributed by atoms with Gasteiger partial charge in [0.2, 0.25) is 5.79 Å². The van der Waals surface area contributed by atoms with Crippen molar-refractivity contribution in [1.82, 2.24) is 10.2 Å². The van der Waals surface area contributed by atoms with Gasteiger partial charge in [-0.25, -0.2) is 9.59 Å². The molecule has 12 nitrogen and oxygen atoms in total. The molecule has 0 unspecified atom stereocenters. The number of oxime groups is 1. The summed E-state index contributed by atoms with van der Waals surface area (Å²) < 4.78 is 26.0. The van der Waals surface area contributed by atoms with Gasteiger partial charge < -0.3 is 39.3 Å².